The van der Waals surface area contributed by atoms with Crippen molar-refractivity contribution in [1.82, 2.24) is 20.1 Å². The average Bonchev–Trinajstić information content (AvgIpc) is 2.89. The first-order valence-corrected chi connectivity index (χ1v) is 8.29. The average molecular weight is 278 g/mol. The maximum Gasteiger partial charge on any atom is 0.138 e. The van der Waals surface area contributed by atoms with E-state index < -0.39 is 0 Å². The van der Waals surface area contributed by atoms with Gasteiger partial charge in [0.15, 0.2) is 0 Å². The van der Waals surface area contributed by atoms with Gasteiger partial charge in [0.1, 0.15) is 12.2 Å². The normalized spacial score (nSPS) is 26.9. The molecule has 3 unspecified atom stereocenters. The second kappa shape index (κ2) is 7.77. The molecule has 4 nitrogen and oxygen atoms in total. The van der Waals surface area contributed by atoms with E-state index in [2.05, 4.69) is 41.0 Å². The fraction of sp³-hybridized carbons (Fsp3) is 0.875. The largest absolute Gasteiger partial charge is 0.319 e. The predicted molar refractivity (Wildman–Crippen MR) is 82.6 cm³/mol. The van der Waals surface area contributed by atoms with Gasteiger partial charge < -0.3 is 5.32 Å². The number of rotatable bonds is 7. The van der Waals surface area contributed by atoms with E-state index in [1.54, 1.807) is 6.33 Å². The Balaban J connectivity index is 2.03. The summed E-state index contributed by atoms with van der Waals surface area (Å²) in [6.45, 7) is 6.67. The third kappa shape index (κ3) is 3.81. The van der Waals surface area contributed by atoms with Crippen LogP contribution in [0, 0.1) is 17.8 Å². The lowest BCUT2D eigenvalue weighted by Crippen LogP contribution is -2.33. The highest BCUT2D eigenvalue weighted by Crippen LogP contribution is 2.36. The molecule has 1 aromatic heterocycles. The van der Waals surface area contributed by atoms with Crippen LogP contribution in [0.2, 0.25) is 0 Å². The molecule has 1 fully saturated rings. The van der Waals surface area contributed by atoms with Crippen LogP contribution >= 0.6 is 0 Å². The number of nitrogens with zero attached hydrogens (tertiary/aromatic N) is 3. The standard InChI is InChI=1S/C16H30N4/c1-4-8-20-16(18-12-19-20)10-15-9-13(5-2)6-7-14(15)11-17-3/h12-15,17H,4-11H2,1-3H3. The van der Waals surface area contributed by atoms with Gasteiger partial charge in [-0.25, -0.2) is 4.98 Å². The van der Waals surface area contributed by atoms with E-state index in [0.29, 0.717) is 0 Å². The smallest absolute Gasteiger partial charge is 0.138 e. The molecule has 0 saturated heterocycles. The molecule has 0 bridgehead atoms. The SMILES string of the molecule is CCCn1ncnc1CC1CC(CC)CCC1CNC. The van der Waals surface area contributed by atoms with Crippen molar-refractivity contribution >= 4 is 0 Å². The van der Waals surface area contributed by atoms with Crippen molar-refractivity contribution in [3.63, 3.8) is 0 Å². The van der Waals surface area contributed by atoms with E-state index in [-0.39, 0.29) is 0 Å². The molecule has 0 aromatic carbocycles. The Morgan fingerprint density at radius 1 is 1.30 bits per heavy atom. The fourth-order valence-electron chi connectivity index (χ4n) is 3.65. The van der Waals surface area contributed by atoms with E-state index in [4.69, 9.17) is 0 Å². The van der Waals surface area contributed by atoms with E-state index >= 15 is 0 Å². The Kier molecular flexibility index (Phi) is 6.02. The van der Waals surface area contributed by atoms with E-state index in [1.165, 1.54) is 31.5 Å². The van der Waals surface area contributed by atoms with Crippen LogP contribution in [-0.2, 0) is 13.0 Å². The maximum atomic E-state index is 4.51. The number of hydrogen-bond donors (Lipinski definition) is 1. The van der Waals surface area contributed by atoms with Crippen LogP contribution in [0.25, 0.3) is 0 Å². The van der Waals surface area contributed by atoms with Gasteiger partial charge in [0, 0.05) is 13.0 Å². The lowest BCUT2D eigenvalue weighted by Gasteiger charge is -2.36. The van der Waals surface area contributed by atoms with Crippen LogP contribution in [0.15, 0.2) is 6.33 Å². The molecule has 1 aliphatic rings. The van der Waals surface area contributed by atoms with E-state index in [0.717, 1.165) is 43.7 Å². The van der Waals surface area contributed by atoms with Crippen LogP contribution in [0.3, 0.4) is 0 Å². The molecule has 1 saturated carbocycles. The van der Waals surface area contributed by atoms with Crippen molar-refractivity contribution in [2.45, 2.75) is 58.9 Å². The predicted octanol–water partition coefficient (Wildman–Crippen LogP) is 2.89. The van der Waals surface area contributed by atoms with Crippen LogP contribution in [0.5, 0.6) is 0 Å². The topological polar surface area (TPSA) is 42.7 Å². The second-order valence-corrected chi connectivity index (χ2v) is 6.27. The lowest BCUT2D eigenvalue weighted by atomic mass is 9.71. The highest BCUT2D eigenvalue weighted by Gasteiger charge is 2.30. The zero-order chi connectivity index (χ0) is 14.4. The number of aromatic nitrogens is 3. The molecule has 0 aliphatic heterocycles. The zero-order valence-electron chi connectivity index (χ0n) is 13.3. The highest BCUT2D eigenvalue weighted by molar-refractivity contribution is 4.92. The quantitative estimate of drug-likeness (QED) is 0.834. The van der Waals surface area contributed by atoms with E-state index in [9.17, 15) is 0 Å². The first-order chi connectivity index (χ1) is 9.78. The minimum atomic E-state index is 0.765. The summed E-state index contributed by atoms with van der Waals surface area (Å²) in [6.07, 6.45) is 9.40. The first-order valence-electron chi connectivity index (χ1n) is 8.29. The van der Waals surface area contributed by atoms with Gasteiger partial charge in [0.25, 0.3) is 0 Å². The van der Waals surface area contributed by atoms with Gasteiger partial charge >= 0.3 is 0 Å². The molecular formula is C16H30N4. The molecule has 1 aliphatic carbocycles. The minimum Gasteiger partial charge on any atom is -0.319 e. The first kappa shape index (κ1) is 15.5. The zero-order valence-corrected chi connectivity index (χ0v) is 13.3. The molecule has 3 atom stereocenters. The molecule has 1 N–H and O–H groups in total. The highest BCUT2D eigenvalue weighted by atomic mass is 15.3. The molecule has 1 aromatic rings. The van der Waals surface area contributed by atoms with Crippen LogP contribution in [0.4, 0.5) is 0 Å². The Labute approximate surface area is 123 Å². The summed E-state index contributed by atoms with van der Waals surface area (Å²) in [6, 6.07) is 0. The van der Waals surface area contributed by atoms with Crippen LogP contribution in [-0.4, -0.2) is 28.4 Å². The van der Waals surface area contributed by atoms with Crippen molar-refractivity contribution in [2.75, 3.05) is 13.6 Å². The van der Waals surface area contributed by atoms with Crippen molar-refractivity contribution in [2.24, 2.45) is 17.8 Å². The molecule has 4 heteroatoms. The molecular weight excluding hydrogens is 248 g/mol. The Hall–Kier alpha value is -0.900. The summed E-state index contributed by atoms with van der Waals surface area (Å²) in [5, 5.41) is 7.75. The van der Waals surface area contributed by atoms with Crippen LogP contribution in [0.1, 0.15) is 51.8 Å². The lowest BCUT2D eigenvalue weighted by molar-refractivity contribution is 0.170. The number of aryl methyl sites for hydroxylation is 1. The Morgan fingerprint density at radius 2 is 2.15 bits per heavy atom. The van der Waals surface area contributed by atoms with Gasteiger partial charge in [-0.3, -0.25) is 4.68 Å². The molecule has 0 amide bonds. The van der Waals surface area contributed by atoms with Crippen molar-refractivity contribution in [3.8, 4) is 0 Å². The fourth-order valence-corrected chi connectivity index (χ4v) is 3.65. The molecule has 114 valence electrons. The molecule has 20 heavy (non-hydrogen) atoms. The van der Waals surface area contributed by atoms with Gasteiger partial charge in [-0.2, -0.15) is 5.10 Å². The summed E-state index contributed by atoms with van der Waals surface area (Å²) < 4.78 is 2.10. The summed E-state index contributed by atoms with van der Waals surface area (Å²) >= 11 is 0. The Bertz CT molecular complexity index is 388. The minimum absolute atomic E-state index is 0.765. The Morgan fingerprint density at radius 3 is 2.85 bits per heavy atom. The molecule has 0 spiro atoms. The summed E-state index contributed by atoms with van der Waals surface area (Å²) in [4.78, 5) is 4.51. The molecule has 1 heterocycles. The van der Waals surface area contributed by atoms with Crippen LogP contribution < -0.4 is 5.32 Å². The van der Waals surface area contributed by atoms with E-state index in [1.807, 2.05) is 0 Å². The van der Waals surface area contributed by atoms with Gasteiger partial charge in [-0.1, -0.05) is 26.7 Å². The number of nitrogens with one attached hydrogen (secondary N) is 1. The van der Waals surface area contributed by atoms with Gasteiger partial charge in [0.05, 0.1) is 0 Å². The third-order valence-corrected chi connectivity index (χ3v) is 4.87. The van der Waals surface area contributed by atoms with Crippen molar-refractivity contribution in [3.05, 3.63) is 12.2 Å². The van der Waals surface area contributed by atoms with Crippen molar-refractivity contribution < 1.29 is 0 Å². The third-order valence-electron chi connectivity index (χ3n) is 4.87. The monoisotopic (exact) mass is 278 g/mol. The molecule has 2 rings (SSSR count). The number of hydrogen-bond acceptors (Lipinski definition) is 3. The summed E-state index contributed by atoms with van der Waals surface area (Å²) in [5.74, 6) is 3.67. The van der Waals surface area contributed by atoms with Gasteiger partial charge in [-0.15, -0.1) is 0 Å². The summed E-state index contributed by atoms with van der Waals surface area (Å²) in [7, 11) is 2.07. The maximum absolute atomic E-state index is 4.51. The van der Waals surface area contributed by atoms with Gasteiger partial charge in [0.2, 0.25) is 0 Å². The van der Waals surface area contributed by atoms with Gasteiger partial charge in [-0.05, 0) is 50.6 Å². The second-order valence-electron chi connectivity index (χ2n) is 6.27. The summed E-state index contributed by atoms with van der Waals surface area (Å²) in [5.41, 5.74) is 0. The van der Waals surface area contributed by atoms with Crippen molar-refractivity contribution in [1.29, 1.82) is 0 Å². The molecule has 0 radical (unpaired) electrons.